The Morgan fingerprint density at radius 2 is 2.10 bits per heavy atom. The molecule has 20 heavy (non-hydrogen) atoms. The zero-order valence-electron chi connectivity index (χ0n) is 11.2. The van der Waals surface area contributed by atoms with Crippen molar-refractivity contribution in [2.24, 2.45) is 5.73 Å². The third-order valence-corrected chi connectivity index (χ3v) is 6.17. The van der Waals surface area contributed by atoms with Crippen molar-refractivity contribution in [2.75, 3.05) is 26.2 Å². The number of hydrogen-bond donors (Lipinski definition) is 2. The van der Waals surface area contributed by atoms with E-state index in [-0.39, 0.29) is 15.7 Å². The van der Waals surface area contributed by atoms with Gasteiger partial charge in [0.2, 0.25) is 10.0 Å². The highest BCUT2D eigenvalue weighted by atomic mass is 32.2. The van der Waals surface area contributed by atoms with Crippen LogP contribution < -0.4 is 11.1 Å². The van der Waals surface area contributed by atoms with Crippen molar-refractivity contribution in [2.45, 2.75) is 24.2 Å². The number of hydrogen-bond acceptors (Lipinski definition) is 5. The van der Waals surface area contributed by atoms with Crippen LogP contribution >= 0.6 is 11.3 Å². The number of nitrogens with zero attached hydrogens (tertiary/aromatic N) is 1. The standard InChI is InChI=1S/C12H19N3O3S2/c13-5-3-6-14-12(16)11-10(4-9-19-11)20(17,18)15-7-1-2-8-15/h4,9H,1-3,5-8,13H2,(H,14,16). The van der Waals surface area contributed by atoms with Crippen LogP contribution in [0.1, 0.15) is 28.9 Å². The van der Waals surface area contributed by atoms with Crippen LogP contribution in [0.15, 0.2) is 16.3 Å². The van der Waals surface area contributed by atoms with Crippen molar-refractivity contribution in [3.05, 3.63) is 16.3 Å². The smallest absolute Gasteiger partial charge is 0.262 e. The normalized spacial score (nSPS) is 16.4. The van der Waals surface area contributed by atoms with Gasteiger partial charge in [-0.25, -0.2) is 8.42 Å². The number of rotatable bonds is 6. The molecule has 0 atom stereocenters. The van der Waals surface area contributed by atoms with Gasteiger partial charge in [-0.05, 0) is 37.3 Å². The first-order valence-corrected chi connectivity index (χ1v) is 8.95. The van der Waals surface area contributed by atoms with Gasteiger partial charge >= 0.3 is 0 Å². The molecular formula is C12H19N3O3S2. The Bertz CT molecular complexity index is 562. The summed E-state index contributed by atoms with van der Waals surface area (Å²) in [6, 6.07) is 1.51. The molecule has 0 bridgehead atoms. The van der Waals surface area contributed by atoms with E-state index >= 15 is 0 Å². The molecule has 1 aromatic heterocycles. The van der Waals surface area contributed by atoms with Crippen LogP contribution in [0.3, 0.4) is 0 Å². The van der Waals surface area contributed by atoms with Crippen molar-refractivity contribution in [3.8, 4) is 0 Å². The molecule has 8 heteroatoms. The quantitative estimate of drug-likeness (QED) is 0.752. The zero-order chi connectivity index (χ0) is 14.6. The van der Waals surface area contributed by atoms with Crippen molar-refractivity contribution >= 4 is 27.3 Å². The van der Waals surface area contributed by atoms with Crippen molar-refractivity contribution in [1.82, 2.24) is 9.62 Å². The fourth-order valence-electron chi connectivity index (χ4n) is 2.12. The van der Waals surface area contributed by atoms with Crippen molar-refractivity contribution < 1.29 is 13.2 Å². The number of nitrogens with one attached hydrogen (secondary N) is 1. The average Bonchev–Trinajstić information content (AvgIpc) is 3.10. The first kappa shape index (κ1) is 15.4. The Balaban J connectivity index is 2.17. The number of carbonyl (C=O) groups excluding carboxylic acids is 1. The molecular weight excluding hydrogens is 298 g/mol. The first-order chi connectivity index (χ1) is 9.57. The summed E-state index contributed by atoms with van der Waals surface area (Å²) < 4.78 is 26.4. The summed E-state index contributed by atoms with van der Waals surface area (Å²) in [7, 11) is -3.54. The van der Waals surface area contributed by atoms with Crippen LogP contribution in [0.5, 0.6) is 0 Å². The minimum absolute atomic E-state index is 0.120. The molecule has 0 spiro atoms. The second-order valence-corrected chi connectivity index (χ2v) is 7.45. The summed E-state index contributed by atoms with van der Waals surface area (Å²) in [6.07, 6.45) is 2.42. The highest BCUT2D eigenvalue weighted by Crippen LogP contribution is 2.27. The van der Waals surface area contributed by atoms with Crippen molar-refractivity contribution in [3.63, 3.8) is 0 Å². The van der Waals surface area contributed by atoms with Gasteiger partial charge in [0, 0.05) is 19.6 Å². The molecule has 0 saturated carbocycles. The molecule has 1 saturated heterocycles. The van der Waals surface area contributed by atoms with Gasteiger partial charge in [-0.2, -0.15) is 4.31 Å². The zero-order valence-corrected chi connectivity index (χ0v) is 12.8. The lowest BCUT2D eigenvalue weighted by Gasteiger charge is -2.15. The Labute approximate surface area is 123 Å². The molecule has 112 valence electrons. The lowest BCUT2D eigenvalue weighted by atomic mass is 10.4. The van der Waals surface area contributed by atoms with E-state index in [0.717, 1.165) is 24.2 Å². The number of nitrogens with two attached hydrogens (primary N) is 1. The summed E-state index contributed by atoms with van der Waals surface area (Å²) >= 11 is 1.15. The van der Waals surface area contributed by atoms with Gasteiger partial charge in [0.15, 0.2) is 0 Å². The van der Waals surface area contributed by atoms with Gasteiger partial charge in [0.25, 0.3) is 5.91 Å². The monoisotopic (exact) mass is 317 g/mol. The average molecular weight is 317 g/mol. The third-order valence-electron chi connectivity index (χ3n) is 3.18. The molecule has 2 rings (SSSR count). The molecule has 1 fully saturated rings. The Morgan fingerprint density at radius 3 is 2.75 bits per heavy atom. The predicted octanol–water partition coefficient (Wildman–Crippen LogP) is 0.611. The maximum Gasteiger partial charge on any atom is 0.262 e. The molecule has 0 aliphatic carbocycles. The summed E-state index contributed by atoms with van der Waals surface area (Å²) in [5.74, 6) is -0.341. The number of sulfonamides is 1. The summed E-state index contributed by atoms with van der Waals surface area (Å²) in [5, 5.41) is 4.34. The van der Waals surface area contributed by atoms with Crippen LogP contribution in [-0.2, 0) is 10.0 Å². The molecule has 1 aliphatic rings. The predicted molar refractivity (Wildman–Crippen MR) is 78.3 cm³/mol. The Kier molecular flexibility index (Phi) is 5.14. The number of thiophene rings is 1. The van der Waals surface area contributed by atoms with Gasteiger partial charge in [-0.1, -0.05) is 0 Å². The van der Waals surface area contributed by atoms with E-state index in [1.54, 1.807) is 5.38 Å². The Morgan fingerprint density at radius 1 is 1.40 bits per heavy atom. The van der Waals surface area contributed by atoms with Gasteiger partial charge in [-0.3, -0.25) is 4.79 Å². The first-order valence-electron chi connectivity index (χ1n) is 6.63. The van der Waals surface area contributed by atoms with Gasteiger partial charge < -0.3 is 11.1 Å². The molecule has 1 amide bonds. The number of amides is 1. The number of carbonyl (C=O) groups is 1. The molecule has 1 aliphatic heterocycles. The van der Waals surface area contributed by atoms with Crippen molar-refractivity contribution in [1.29, 1.82) is 0 Å². The van der Waals surface area contributed by atoms with Crippen LogP contribution in [0.25, 0.3) is 0 Å². The SMILES string of the molecule is NCCCNC(=O)c1sccc1S(=O)(=O)N1CCCC1. The van der Waals surface area contributed by atoms with E-state index in [0.29, 0.717) is 32.6 Å². The van der Waals surface area contributed by atoms with Gasteiger partial charge in [0.05, 0.1) is 0 Å². The third kappa shape index (κ3) is 3.20. The highest BCUT2D eigenvalue weighted by Gasteiger charge is 2.31. The molecule has 6 nitrogen and oxygen atoms in total. The topological polar surface area (TPSA) is 92.5 Å². The highest BCUT2D eigenvalue weighted by molar-refractivity contribution is 7.89. The second kappa shape index (κ2) is 6.66. The summed E-state index contributed by atoms with van der Waals surface area (Å²) in [5.41, 5.74) is 5.36. The second-order valence-electron chi connectivity index (χ2n) is 4.62. The van der Waals surface area contributed by atoms with E-state index in [4.69, 9.17) is 5.73 Å². The molecule has 0 radical (unpaired) electrons. The lowest BCUT2D eigenvalue weighted by Crippen LogP contribution is -2.31. The van der Waals surface area contributed by atoms with Gasteiger partial charge in [0.1, 0.15) is 9.77 Å². The van der Waals surface area contributed by atoms with Crippen LogP contribution in [0.4, 0.5) is 0 Å². The summed E-state index contributed by atoms with van der Waals surface area (Å²) in [4.78, 5) is 12.4. The fourth-order valence-corrected chi connectivity index (χ4v) is 4.95. The maximum atomic E-state index is 12.5. The van der Waals surface area contributed by atoms with E-state index < -0.39 is 10.0 Å². The van der Waals surface area contributed by atoms with E-state index in [1.807, 2.05) is 0 Å². The molecule has 0 aromatic carbocycles. The van der Waals surface area contributed by atoms with E-state index in [2.05, 4.69) is 5.32 Å². The molecule has 2 heterocycles. The van der Waals surface area contributed by atoms with Gasteiger partial charge in [-0.15, -0.1) is 11.3 Å². The minimum atomic E-state index is -3.54. The van der Waals surface area contributed by atoms with E-state index in [1.165, 1.54) is 10.4 Å². The summed E-state index contributed by atoms with van der Waals surface area (Å²) in [6.45, 7) is 2.01. The maximum absolute atomic E-state index is 12.5. The Hall–Kier alpha value is -0.960. The molecule has 0 unspecified atom stereocenters. The largest absolute Gasteiger partial charge is 0.351 e. The molecule has 1 aromatic rings. The van der Waals surface area contributed by atoms with Crippen LogP contribution in [0.2, 0.25) is 0 Å². The lowest BCUT2D eigenvalue weighted by molar-refractivity contribution is 0.0954. The van der Waals surface area contributed by atoms with Crippen LogP contribution in [-0.4, -0.2) is 44.8 Å². The van der Waals surface area contributed by atoms with E-state index in [9.17, 15) is 13.2 Å². The fraction of sp³-hybridized carbons (Fsp3) is 0.583. The molecule has 3 N–H and O–H groups in total. The van der Waals surface area contributed by atoms with Crippen LogP contribution in [0, 0.1) is 0 Å². The minimum Gasteiger partial charge on any atom is -0.351 e.